The molecule has 0 saturated carbocycles. The lowest BCUT2D eigenvalue weighted by molar-refractivity contribution is -0.384. The third-order valence-electron chi connectivity index (χ3n) is 3.34. The first-order chi connectivity index (χ1) is 12.0. The quantitative estimate of drug-likeness (QED) is 0.472. The van der Waals surface area contributed by atoms with Crippen LogP contribution in [0.15, 0.2) is 47.6 Å². The molecule has 0 saturated heterocycles. The van der Waals surface area contributed by atoms with Crippen LogP contribution >= 0.6 is 0 Å². The fourth-order valence-electron chi connectivity index (χ4n) is 2.07. The smallest absolute Gasteiger partial charge is 0.269 e. The van der Waals surface area contributed by atoms with E-state index in [0.717, 1.165) is 0 Å². The van der Waals surface area contributed by atoms with E-state index in [1.54, 1.807) is 25.3 Å². The summed E-state index contributed by atoms with van der Waals surface area (Å²) in [4.78, 5) is 22.0. The Morgan fingerprint density at radius 2 is 1.92 bits per heavy atom. The van der Waals surface area contributed by atoms with Crippen LogP contribution in [-0.4, -0.2) is 31.3 Å². The number of hydrogen-bond acceptors (Lipinski definition) is 6. The van der Waals surface area contributed by atoms with Gasteiger partial charge in [-0.1, -0.05) is 12.1 Å². The van der Waals surface area contributed by atoms with E-state index >= 15 is 0 Å². The van der Waals surface area contributed by atoms with Crippen LogP contribution < -0.4 is 14.9 Å². The van der Waals surface area contributed by atoms with Crippen molar-refractivity contribution in [1.29, 1.82) is 0 Å². The molecule has 25 heavy (non-hydrogen) atoms. The second-order valence-corrected chi connectivity index (χ2v) is 5.00. The maximum absolute atomic E-state index is 11.9. The molecule has 0 aliphatic carbocycles. The van der Waals surface area contributed by atoms with Crippen LogP contribution in [0.5, 0.6) is 11.5 Å². The Morgan fingerprint density at radius 1 is 1.20 bits per heavy atom. The van der Waals surface area contributed by atoms with Crippen LogP contribution in [0.1, 0.15) is 11.1 Å². The van der Waals surface area contributed by atoms with E-state index in [-0.39, 0.29) is 18.0 Å². The molecule has 0 spiro atoms. The van der Waals surface area contributed by atoms with Crippen LogP contribution in [0, 0.1) is 10.1 Å². The molecular formula is C17H17N3O5. The topological polar surface area (TPSA) is 103 Å². The Bertz CT molecular complexity index is 787. The lowest BCUT2D eigenvalue weighted by atomic mass is 10.1. The van der Waals surface area contributed by atoms with E-state index in [4.69, 9.17) is 9.47 Å². The second kappa shape index (κ2) is 8.44. The molecule has 0 fully saturated rings. The van der Waals surface area contributed by atoms with Crippen molar-refractivity contribution in [2.24, 2.45) is 5.10 Å². The number of carbonyl (C=O) groups excluding carboxylic acids is 1. The summed E-state index contributed by atoms with van der Waals surface area (Å²) >= 11 is 0. The van der Waals surface area contributed by atoms with Crippen LogP contribution in [0.2, 0.25) is 0 Å². The minimum Gasteiger partial charge on any atom is -0.497 e. The average Bonchev–Trinajstić information content (AvgIpc) is 2.62. The van der Waals surface area contributed by atoms with Crippen molar-refractivity contribution >= 4 is 17.8 Å². The SMILES string of the molecule is COc1ccc(OC)c(/C=N/NC(=O)Cc2ccc([N+](=O)[O-])cc2)c1. The van der Waals surface area contributed by atoms with Crippen molar-refractivity contribution in [3.05, 3.63) is 63.7 Å². The van der Waals surface area contributed by atoms with Gasteiger partial charge in [-0.2, -0.15) is 5.10 Å². The minimum atomic E-state index is -0.490. The van der Waals surface area contributed by atoms with Gasteiger partial charge >= 0.3 is 0 Å². The number of amides is 1. The predicted molar refractivity (Wildman–Crippen MR) is 92.1 cm³/mol. The number of nitrogens with one attached hydrogen (secondary N) is 1. The third-order valence-corrected chi connectivity index (χ3v) is 3.34. The fraction of sp³-hybridized carbons (Fsp3) is 0.176. The van der Waals surface area contributed by atoms with Gasteiger partial charge in [0.1, 0.15) is 11.5 Å². The van der Waals surface area contributed by atoms with Gasteiger partial charge in [0, 0.05) is 17.7 Å². The van der Waals surface area contributed by atoms with Gasteiger partial charge in [0.2, 0.25) is 5.91 Å². The van der Waals surface area contributed by atoms with Gasteiger partial charge in [0.05, 0.1) is 31.8 Å². The summed E-state index contributed by atoms with van der Waals surface area (Å²) in [5, 5.41) is 14.5. The maximum atomic E-state index is 11.9. The Kier molecular flexibility index (Phi) is 6.05. The number of ether oxygens (including phenoxy) is 2. The second-order valence-electron chi connectivity index (χ2n) is 5.00. The summed E-state index contributed by atoms with van der Waals surface area (Å²) in [6, 6.07) is 11.0. The van der Waals surface area contributed by atoms with Gasteiger partial charge in [-0.25, -0.2) is 5.43 Å². The maximum Gasteiger partial charge on any atom is 0.269 e. The van der Waals surface area contributed by atoms with Crippen molar-refractivity contribution in [2.75, 3.05) is 14.2 Å². The van der Waals surface area contributed by atoms with Gasteiger partial charge < -0.3 is 9.47 Å². The zero-order valence-corrected chi connectivity index (χ0v) is 13.8. The largest absolute Gasteiger partial charge is 0.497 e. The summed E-state index contributed by atoms with van der Waals surface area (Å²) in [6.07, 6.45) is 1.51. The van der Waals surface area contributed by atoms with Crippen LogP contribution in [0.4, 0.5) is 5.69 Å². The predicted octanol–water partition coefficient (Wildman–Crippen LogP) is 2.30. The minimum absolute atomic E-state index is 0.0210. The molecule has 8 heteroatoms. The molecule has 0 aliphatic heterocycles. The van der Waals surface area contributed by atoms with Crippen LogP contribution in [0.3, 0.4) is 0 Å². The number of nitro benzene ring substituents is 1. The van der Waals surface area contributed by atoms with Gasteiger partial charge in [-0.05, 0) is 23.8 Å². The highest BCUT2D eigenvalue weighted by Gasteiger charge is 2.07. The highest BCUT2D eigenvalue weighted by atomic mass is 16.6. The van der Waals surface area contributed by atoms with Gasteiger partial charge in [-0.15, -0.1) is 0 Å². The Morgan fingerprint density at radius 3 is 2.52 bits per heavy atom. The zero-order chi connectivity index (χ0) is 18.2. The summed E-state index contributed by atoms with van der Waals surface area (Å²) in [5.74, 6) is 0.889. The van der Waals surface area contributed by atoms with Gasteiger partial charge in [-0.3, -0.25) is 14.9 Å². The molecule has 8 nitrogen and oxygen atoms in total. The average molecular weight is 343 g/mol. The molecule has 2 aromatic rings. The molecule has 0 aromatic heterocycles. The van der Waals surface area contributed by atoms with Crippen LogP contribution in [-0.2, 0) is 11.2 Å². The first-order valence-electron chi connectivity index (χ1n) is 7.30. The molecule has 0 atom stereocenters. The molecule has 2 aromatic carbocycles. The lowest BCUT2D eigenvalue weighted by Crippen LogP contribution is -2.19. The Balaban J connectivity index is 1.97. The lowest BCUT2D eigenvalue weighted by Gasteiger charge is -2.06. The number of hydrazone groups is 1. The van der Waals surface area contributed by atoms with Crippen molar-refractivity contribution in [3.8, 4) is 11.5 Å². The molecule has 0 bridgehead atoms. The molecule has 2 rings (SSSR count). The summed E-state index contributed by atoms with van der Waals surface area (Å²) < 4.78 is 10.3. The van der Waals surface area contributed by atoms with Gasteiger partial charge in [0.15, 0.2) is 0 Å². The standard InChI is InChI=1S/C17H17N3O5/c1-24-15-7-8-16(25-2)13(10-15)11-18-19-17(21)9-12-3-5-14(6-4-12)20(22)23/h3-8,10-11H,9H2,1-2H3,(H,19,21)/b18-11+. The number of carbonyl (C=O) groups is 1. The number of benzene rings is 2. The van der Waals surface area contributed by atoms with E-state index in [2.05, 4.69) is 10.5 Å². The zero-order valence-electron chi connectivity index (χ0n) is 13.8. The van der Waals surface area contributed by atoms with E-state index in [9.17, 15) is 14.9 Å². The van der Waals surface area contributed by atoms with Crippen molar-refractivity contribution < 1.29 is 19.2 Å². The Hall–Kier alpha value is -3.42. The molecule has 0 heterocycles. The van der Waals surface area contributed by atoms with Crippen LogP contribution in [0.25, 0.3) is 0 Å². The van der Waals surface area contributed by atoms with E-state index in [1.165, 1.54) is 37.6 Å². The fourth-order valence-corrected chi connectivity index (χ4v) is 2.07. The first kappa shape index (κ1) is 17.9. The highest BCUT2D eigenvalue weighted by Crippen LogP contribution is 2.22. The molecule has 130 valence electrons. The van der Waals surface area contributed by atoms with E-state index in [0.29, 0.717) is 22.6 Å². The third kappa shape index (κ3) is 5.03. The molecule has 0 aliphatic rings. The molecular weight excluding hydrogens is 326 g/mol. The van der Waals surface area contributed by atoms with Gasteiger partial charge in [0.25, 0.3) is 5.69 Å². The Labute approximate surface area is 144 Å². The number of methoxy groups -OCH3 is 2. The van der Waals surface area contributed by atoms with E-state index in [1.807, 2.05) is 0 Å². The normalized spacial score (nSPS) is 10.5. The number of rotatable bonds is 7. The number of nitrogens with zero attached hydrogens (tertiary/aromatic N) is 2. The van der Waals surface area contributed by atoms with Crippen molar-refractivity contribution in [1.82, 2.24) is 5.43 Å². The number of hydrogen-bond donors (Lipinski definition) is 1. The number of nitro groups is 1. The van der Waals surface area contributed by atoms with E-state index < -0.39 is 4.92 Å². The van der Waals surface area contributed by atoms with Crippen molar-refractivity contribution in [3.63, 3.8) is 0 Å². The molecule has 1 amide bonds. The first-order valence-corrected chi connectivity index (χ1v) is 7.30. The summed E-state index contributed by atoms with van der Waals surface area (Å²) in [5.41, 5.74) is 3.69. The summed E-state index contributed by atoms with van der Waals surface area (Å²) in [7, 11) is 3.08. The highest BCUT2D eigenvalue weighted by molar-refractivity contribution is 5.86. The molecule has 0 radical (unpaired) electrons. The number of non-ortho nitro benzene ring substituents is 1. The van der Waals surface area contributed by atoms with Crippen molar-refractivity contribution in [2.45, 2.75) is 6.42 Å². The molecule has 1 N–H and O–H groups in total. The molecule has 0 unspecified atom stereocenters. The monoisotopic (exact) mass is 343 g/mol. The summed E-state index contributed by atoms with van der Waals surface area (Å²) in [6.45, 7) is 0.